The summed E-state index contributed by atoms with van der Waals surface area (Å²) in [5, 5.41) is 0. The molecule has 0 saturated carbocycles. The molecule has 0 saturated heterocycles. The van der Waals surface area contributed by atoms with E-state index in [1.54, 1.807) is 0 Å². The van der Waals surface area contributed by atoms with E-state index in [2.05, 4.69) is 51.5 Å². The summed E-state index contributed by atoms with van der Waals surface area (Å²) >= 11 is 0. The topological polar surface area (TPSA) is 67.1 Å². The first-order chi connectivity index (χ1) is 9.08. The lowest BCUT2D eigenvalue weighted by Gasteiger charge is -2.19. The monoisotopic (exact) mass is 257 g/mol. The summed E-state index contributed by atoms with van der Waals surface area (Å²) in [6, 6.07) is 10.4. The molecule has 0 amide bonds. The molecule has 5 nitrogen and oxygen atoms in total. The first kappa shape index (κ1) is 13.3. The Balaban J connectivity index is 2.20. The fourth-order valence-electron chi connectivity index (χ4n) is 1.98. The van der Waals surface area contributed by atoms with E-state index in [1.165, 1.54) is 11.1 Å². The van der Waals surface area contributed by atoms with Crippen LogP contribution in [0.15, 0.2) is 30.3 Å². The third kappa shape index (κ3) is 3.42. The van der Waals surface area contributed by atoms with Gasteiger partial charge in [0.15, 0.2) is 0 Å². The van der Waals surface area contributed by atoms with E-state index in [4.69, 9.17) is 5.84 Å². The van der Waals surface area contributed by atoms with E-state index >= 15 is 0 Å². The number of nitrogen functional groups attached to an aromatic ring is 1. The number of rotatable bonds is 4. The highest BCUT2D eigenvalue weighted by molar-refractivity contribution is 5.44. The second kappa shape index (κ2) is 5.67. The third-order valence-corrected chi connectivity index (χ3v) is 2.86. The maximum atomic E-state index is 5.37. The summed E-state index contributed by atoms with van der Waals surface area (Å²) < 4.78 is 0. The number of nitrogens with one attached hydrogen (secondary N) is 1. The number of aromatic nitrogens is 2. The van der Waals surface area contributed by atoms with Crippen LogP contribution in [0, 0.1) is 13.8 Å². The van der Waals surface area contributed by atoms with Gasteiger partial charge in [-0.3, -0.25) is 5.43 Å². The first-order valence-electron chi connectivity index (χ1n) is 6.17. The van der Waals surface area contributed by atoms with Gasteiger partial charge in [0.05, 0.1) is 0 Å². The van der Waals surface area contributed by atoms with Crippen molar-refractivity contribution in [2.75, 3.05) is 17.4 Å². The number of aryl methyl sites for hydroxylation is 2. The molecule has 1 aromatic carbocycles. The van der Waals surface area contributed by atoms with Crippen LogP contribution in [-0.2, 0) is 6.54 Å². The molecular formula is C14H19N5. The zero-order valence-electron chi connectivity index (χ0n) is 11.5. The standard InChI is InChI=1S/C14H19N5/c1-10-5-4-6-12(7-10)9-19(3)13-8-11(2)16-14(17-13)18-15/h4-8H,9,15H2,1-3H3,(H,16,17,18). The molecule has 0 aliphatic carbocycles. The van der Waals surface area contributed by atoms with Crippen molar-refractivity contribution >= 4 is 11.8 Å². The van der Waals surface area contributed by atoms with Crippen LogP contribution in [0.3, 0.4) is 0 Å². The minimum atomic E-state index is 0.436. The second-order valence-electron chi connectivity index (χ2n) is 4.68. The molecule has 0 atom stereocenters. The largest absolute Gasteiger partial charge is 0.355 e. The van der Waals surface area contributed by atoms with Crippen LogP contribution in [-0.4, -0.2) is 17.0 Å². The van der Waals surface area contributed by atoms with Gasteiger partial charge in [0.1, 0.15) is 5.82 Å². The van der Waals surface area contributed by atoms with E-state index in [0.717, 1.165) is 18.1 Å². The van der Waals surface area contributed by atoms with Crippen LogP contribution in [0.25, 0.3) is 0 Å². The molecule has 5 heteroatoms. The molecule has 2 rings (SSSR count). The average molecular weight is 257 g/mol. The molecule has 0 aliphatic rings. The summed E-state index contributed by atoms with van der Waals surface area (Å²) in [5.74, 6) is 6.65. The first-order valence-corrected chi connectivity index (χ1v) is 6.17. The Hall–Kier alpha value is -2.14. The molecule has 2 aromatic rings. The van der Waals surface area contributed by atoms with Crippen molar-refractivity contribution in [2.24, 2.45) is 5.84 Å². The smallest absolute Gasteiger partial charge is 0.239 e. The van der Waals surface area contributed by atoms with Crippen molar-refractivity contribution in [3.63, 3.8) is 0 Å². The third-order valence-electron chi connectivity index (χ3n) is 2.86. The highest BCUT2D eigenvalue weighted by Gasteiger charge is 2.07. The quantitative estimate of drug-likeness (QED) is 0.648. The van der Waals surface area contributed by atoms with Gasteiger partial charge in [-0.1, -0.05) is 29.8 Å². The van der Waals surface area contributed by atoms with Gasteiger partial charge in [-0.05, 0) is 19.4 Å². The maximum Gasteiger partial charge on any atom is 0.239 e. The van der Waals surface area contributed by atoms with Crippen LogP contribution in [0.2, 0.25) is 0 Å². The lowest BCUT2D eigenvalue weighted by molar-refractivity contribution is 0.885. The molecule has 1 aromatic heterocycles. The normalized spacial score (nSPS) is 10.3. The van der Waals surface area contributed by atoms with Gasteiger partial charge in [-0.2, -0.15) is 4.98 Å². The molecule has 0 bridgehead atoms. The Labute approximate surface area is 113 Å². The molecule has 0 radical (unpaired) electrons. The van der Waals surface area contributed by atoms with Gasteiger partial charge < -0.3 is 4.90 Å². The molecule has 3 N–H and O–H groups in total. The highest BCUT2D eigenvalue weighted by Crippen LogP contribution is 2.16. The van der Waals surface area contributed by atoms with Crippen molar-refractivity contribution in [1.29, 1.82) is 0 Å². The highest BCUT2D eigenvalue weighted by atomic mass is 15.3. The predicted molar refractivity (Wildman–Crippen MR) is 77.9 cm³/mol. The van der Waals surface area contributed by atoms with Gasteiger partial charge >= 0.3 is 0 Å². The van der Waals surface area contributed by atoms with Gasteiger partial charge in [-0.15, -0.1) is 0 Å². The number of nitrogens with two attached hydrogens (primary N) is 1. The molecule has 19 heavy (non-hydrogen) atoms. The summed E-state index contributed by atoms with van der Waals surface area (Å²) in [5.41, 5.74) is 5.88. The molecule has 0 aliphatic heterocycles. The summed E-state index contributed by atoms with van der Waals surface area (Å²) in [4.78, 5) is 10.6. The Morgan fingerprint density at radius 1 is 1.21 bits per heavy atom. The minimum absolute atomic E-state index is 0.436. The lowest BCUT2D eigenvalue weighted by atomic mass is 10.1. The minimum Gasteiger partial charge on any atom is -0.355 e. The van der Waals surface area contributed by atoms with Crippen LogP contribution in [0.5, 0.6) is 0 Å². The second-order valence-corrected chi connectivity index (χ2v) is 4.68. The molecule has 0 fully saturated rings. The van der Waals surface area contributed by atoms with Gasteiger partial charge in [0.25, 0.3) is 0 Å². The fourth-order valence-corrected chi connectivity index (χ4v) is 1.98. The number of hydrogen-bond donors (Lipinski definition) is 2. The predicted octanol–water partition coefficient (Wildman–Crippen LogP) is 2.02. The molecule has 1 heterocycles. The molecular weight excluding hydrogens is 238 g/mol. The lowest BCUT2D eigenvalue weighted by Crippen LogP contribution is -2.20. The maximum absolute atomic E-state index is 5.37. The van der Waals surface area contributed by atoms with Crippen LogP contribution in [0.4, 0.5) is 11.8 Å². The summed E-state index contributed by atoms with van der Waals surface area (Å²) in [7, 11) is 2.00. The van der Waals surface area contributed by atoms with Crippen molar-refractivity contribution in [1.82, 2.24) is 9.97 Å². The number of benzene rings is 1. The van der Waals surface area contributed by atoms with E-state index in [1.807, 2.05) is 20.0 Å². The molecule has 0 spiro atoms. The van der Waals surface area contributed by atoms with Gasteiger partial charge in [-0.25, -0.2) is 10.8 Å². The van der Waals surface area contributed by atoms with Crippen molar-refractivity contribution in [3.8, 4) is 0 Å². The Kier molecular flexibility index (Phi) is 3.97. The van der Waals surface area contributed by atoms with E-state index in [-0.39, 0.29) is 0 Å². The van der Waals surface area contributed by atoms with Crippen LogP contribution >= 0.6 is 0 Å². The fraction of sp³-hybridized carbons (Fsp3) is 0.286. The SMILES string of the molecule is Cc1cccc(CN(C)c2cc(C)nc(NN)n2)c1. The molecule has 100 valence electrons. The van der Waals surface area contributed by atoms with Crippen LogP contribution in [0.1, 0.15) is 16.8 Å². The number of nitrogens with zero attached hydrogens (tertiary/aromatic N) is 3. The zero-order chi connectivity index (χ0) is 13.8. The molecule has 0 unspecified atom stereocenters. The Bertz CT molecular complexity index is 568. The van der Waals surface area contributed by atoms with Crippen molar-refractivity contribution in [3.05, 3.63) is 47.2 Å². The zero-order valence-corrected chi connectivity index (χ0v) is 11.5. The Morgan fingerprint density at radius 3 is 2.68 bits per heavy atom. The van der Waals surface area contributed by atoms with E-state index in [0.29, 0.717) is 5.95 Å². The number of hydrazine groups is 1. The van der Waals surface area contributed by atoms with E-state index < -0.39 is 0 Å². The van der Waals surface area contributed by atoms with Crippen molar-refractivity contribution < 1.29 is 0 Å². The summed E-state index contributed by atoms with van der Waals surface area (Å²) in [6.07, 6.45) is 0. The van der Waals surface area contributed by atoms with Gasteiger partial charge in [0, 0.05) is 25.4 Å². The van der Waals surface area contributed by atoms with Crippen molar-refractivity contribution in [2.45, 2.75) is 20.4 Å². The average Bonchev–Trinajstić information content (AvgIpc) is 2.38. The van der Waals surface area contributed by atoms with Crippen LogP contribution < -0.4 is 16.2 Å². The number of hydrogen-bond acceptors (Lipinski definition) is 5. The van der Waals surface area contributed by atoms with Gasteiger partial charge in [0.2, 0.25) is 5.95 Å². The summed E-state index contributed by atoms with van der Waals surface area (Å²) in [6.45, 7) is 4.81. The number of anilines is 2. The van der Waals surface area contributed by atoms with E-state index in [9.17, 15) is 0 Å². The Morgan fingerprint density at radius 2 is 2.00 bits per heavy atom.